The van der Waals surface area contributed by atoms with Crippen molar-refractivity contribution in [1.82, 2.24) is 9.55 Å². The van der Waals surface area contributed by atoms with Crippen LogP contribution in [-0.2, 0) is 13.5 Å². The van der Waals surface area contributed by atoms with E-state index in [0.29, 0.717) is 6.42 Å². The van der Waals surface area contributed by atoms with Gasteiger partial charge in [-0.3, -0.25) is 0 Å². The maximum Gasteiger partial charge on any atom is 0.231 e. The lowest BCUT2D eigenvalue weighted by atomic mass is 10.2. The minimum Gasteiger partial charge on any atom is -0.454 e. The number of aliphatic hydroxyl groups excluding tert-OH is 1. The molecule has 0 atom stereocenters. The largest absolute Gasteiger partial charge is 0.454 e. The molecular formula is C14H16N2O3. The average molecular weight is 260 g/mol. The first-order valence-electron chi connectivity index (χ1n) is 6.24. The van der Waals surface area contributed by atoms with Crippen molar-refractivity contribution in [1.29, 1.82) is 0 Å². The molecule has 0 saturated carbocycles. The summed E-state index contributed by atoms with van der Waals surface area (Å²) in [6, 6.07) is 5.80. The van der Waals surface area contributed by atoms with Gasteiger partial charge in [0.15, 0.2) is 11.5 Å². The summed E-state index contributed by atoms with van der Waals surface area (Å²) < 4.78 is 12.7. The van der Waals surface area contributed by atoms with E-state index in [1.807, 2.05) is 36.7 Å². The van der Waals surface area contributed by atoms with Gasteiger partial charge in [-0.05, 0) is 25.1 Å². The van der Waals surface area contributed by atoms with E-state index in [1.165, 1.54) is 0 Å². The fourth-order valence-electron chi connectivity index (χ4n) is 2.27. The summed E-state index contributed by atoms with van der Waals surface area (Å²) in [4.78, 5) is 4.60. The van der Waals surface area contributed by atoms with Crippen molar-refractivity contribution in [2.45, 2.75) is 13.3 Å². The number of ether oxygens (including phenoxy) is 2. The molecule has 0 spiro atoms. The Morgan fingerprint density at radius 1 is 1.32 bits per heavy atom. The molecule has 0 unspecified atom stereocenters. The van der Waals surface area contributed by atoms with Gasteiger partial charge in [-0.2, -0.15) is 0 Å². The van der Waals surface area contributed by atoms with Crippen LogP contribution in [0.4, 0.5) is 0 Å². The quantitative estimate of drug-likeness (QED) is 0.912. The fraction of sp³-hybridized carbons (Fsp3) is 0.357. The summed E-state index contributed by atoms with van der Waals surface area (Å²) >= 11 is 0. The third kappa shape index (κ3) is 1.96. The molecule has 2 aromatic rings. The first-order valence-corrected chi connectivity index (χ1v) is 6.24. The molecule has 0 aliphatic carbocycles. The lowest BCUT2D eigenvalue weighted by Crippen LogP contribution is -1.96. The van der Waals surface area contributed by atoms with E-state index in [1.54, 1.807) is 0 Å². The van der Waals surface area contributed by atoms with Crippen LogP contribution in [0, 0.1) is 6.92 Å². The van der Waals surface area contributed by atoms with Gasteiger partial charge in [-0.25, -0.2) is 4.98 Å². The summed E-state index contributed by atoms with van der Waals surface area (Å²) in [6.07, 6.45) is 0.574. The molecule has 0 saturated heterocycles. The Morgan fingerprint density at radius 3 is 2.89 bits per heavy atom. The second kappa shape index (κ2) is 4.59. The number of fused-ring (bicyclic) bond motifs is 1. The topological polar surface area (TPSA) is 56.5 Å². The minimum absolute atomic E-state index is 0.110. The lowest BCUT2D eigenvalue weighted by molar-refractivity contribution is 0.174. The zero-order chi connectivity index (χ0) is 13.4. The molecule has 1 N–H and O–H groups in total. The zero-order valence-corrected chi connectivity index (χ0v) is 11.0. The summed E-state index contributed by atoms with van der Waals surface area (Å²) in [5, 5.41) is 9.06. The van der Waals surface area contributed by atoms with E-state index in [2.05, 4.69) is 4.98 Å². The normalized spacial score (nSPS) is 13.0. The van der Waals surface area contributed by atoms with Gasteiger partial charge < -0.3 is 19.1 Å². The predicted molar refractivity (Wildman–Crippen MR) is 70.3 cm³/mol. The molecule has 19 heavy (non-hydrogen) atoms. The van der Waals surface area contributed by atoms with E-state index >= 15 is 0 Å². The Kier molecular flexibility index (Phi) is 2.91. The van der Waals surface area contributed by atoms with Crippen molar-refractivity contribution in [3.63, 3.8) is 0 Å². The molecular weight excluding hydrogens is 244 g/mol. The molecule has 100 valence electrons. The second-order valence-corrected chi connectivity index (χ2v) is 4.57. The van der Waals surface area contributed by atoms with Crippen LogP contribution in [0.25, 0.3) is 11.4 Å². The first kappa shape index (κ1) is 12.0. The monoisotopic (exact) mass is 260 g/mol. The maximum absolute atomic E-state index is 9.06. The Hall–Kier alpha value is -2.01. The van der Waals surface area contributed by atoms with Crippen molar-refractivity contribution < 1.29 is 14.6 Å². The molecule has 1 aliphatic heterocycles. The van der Waals surface area contributed by atoms with E-state index in [-0.39, 0.29) is 13.4 Å². The third-order valence-electron chi connectivity index (χ3n) is 3.46. The Morgan fingerprint density at radius 2 is 2.11 bits per heavy atom. The van der Waals surface area contributed by atoms with Crippen molar-refractivity contribution in [3.8, 4) is 22.9 Å². The molecule has 1 aliphatic rings. The molecule has 0 radical (unpaired) electrons. The van der Waals surface area contributed by atoms with Gasteiger partial charge in [0.1, 0.15) is 5.82 Å². The standard InChI is InChI=1S/C14H16N2O3/c1-9-11(5-6-17)15-14(16(9)2)10-3-4-12-13(7-10)19-8-18-12/h3-4,7,17H,5-6,8H2,1-2H3. The van der Waals surface area contributed by atoms with Crippen LogP contribution in [0.15, 0.2) is 18.2 Å². The van der Waals surface area contributed by atoms with Gasteiger partial charge in [0.2, 0.25) is 6.79 Å². The second-order valence-electron chi connectivity index (χ2n) is 4.57. The maximum atomic E-state index is 9.06. The molecule has 3 rings (SSSR count). The van der Waals surface area contributed by atoms with Gasteiger partial charge in [0, 0.05) is 31.3 Å². The van der Waals surface area contributed by atoms with Crippen molar-refractivity contribution in [3.05, 3.63) is 29.6 Å². The first-order chi connectivity index (χ1) is 9.20. The zero-order valence-electron chi connectivity index (χ0n) is 11.0. The van der Waals surface area contributed by atoms with Crippen LogP contribution in [0.5, 0.6) is 11.5 Å². The number of imidazole rings is 1. The number of benzene rings is 1. The molecule has 0 bridgehead atoms. The molecule has 1 aromatic carbocycles. The number of hydrogen-bond donors (Lipinski definition) is 1. The molecule has 2 heterocycles. The Balaban J connectivity index is 2.04. The number of nitrogens with zero attached hydrogens (tertiary/aromatic N) is 2. The van der Waals surface area contributed by atoms with Gasteiger partial charge in [-0.1, -0.05) is 0 Å². The van der Waals surface area contributed by atoms with Crippen molar-refractivity contribution in [2.24, 2.45) is 7.05 Å². The van der Waals surface area contributed by atoms with Gasteiger partial charge in [0.25, 0.3) is 0 Å². The summed E-state index contributed by atoms with van der Waals surface area (Å²) in [6.45, 7) is 2.39. The summed E-state index contributed by atoms with van der Waals surface area (Å²) in [7, 11) is 1.98. The molecule has 5 nitrogen and oxygen atoms in total. The highest BCUT2D eigenvalue weighted by molar-refractivity contribution is 5.63. The van der Waals surface area contributed by atoms with Crippen LogP contribution in [-0.4, -0.2) is 28.1 Å². The van der Waals surface area contributed by atoms with Crippen LogP contribution >= 0.6 is 0 Å². The van der Waals surface area contributed by atoms with E-state index in [9.17, 15) is 0 Å². The van der Waals surface area contributed by atoms with Crippen molar-refractivity contribution >= 4 is 0 Å². The van der Waals surface area contributed by atoms with Crippen molar-refractivity contribution in [2.75, 3.05) is 13.4 Å². The average Bonchev–Trinajstić information content (AvgIpc) is 2.98. The van der Waals surface area contributed by atoms with Gasteiger partial charge in [-0.15, -0.1) is 0 Å². The Bertz CT molecular complexity index is 619. The third-order valence-corrected chi connectivity index (χ3v) is 3.46. The number of rotatable bonds is 3. The molecule has 1 aromatic heterocycles. The smallest absolute Gasteiger partial charge is 0.231 e. The minimum atomic E-state index is 0.110. The SMILES string of the molecule is Cc1c(CCO)nc(-c2ccc3c(c2)OCO3)n1C. The van der Waals surface area contributed by atoms with E-state index in [0.717, 1.165) is 34.3 Å². The predicted octanol–water partition coefficient (Wildman–Crippen LogP) is 1.66. The summed E-state index contributed by atoms with van der Waals surface area (Å²) in [5.41, 5.74) is 2.98. The number of hydrogen-bond acceptors (Lipinski definition) is 4. The van der Waals surface area contributed by atoms with Crippen LogP contribution in [0.2, 0.25) is 0 Å². The van der Waals surface area contributed by atoms with Crippen LogP contribution in [0.1, 0.15) is 11.4 Å². The van der Waals surface area contributed by atoms with Gasteiger partial charge >= 0.3 is 0 Å². The fourth-order valence-corrected chi connectivity index (χ4v) is 2.27. The summed E-state index contributed by atoms with van der Waals surface area (Å²) in [5.74, 6) is 2.39. The van der Waals surface area contributed by atoms with E-state index < -0.39 is 0 Å². The van der Waals surface area contributed by atoms with E-state index in [4.69, 9.17) is 14.6 Å². The van der Waals surface area contributed by atoms with Crippen LogP contribution < -0.4 is 9.47 Å². The number of aromatic nitrogens is 2. The molecule has 0 fully saturated rings. The highest BCUT2D eigenvalue weighted by Gasteiger charge is 2.17. The lowest BCUT2D eigenvalue weighted by Gasteiger charge is -2.04. The van der Waals surface area contributed by atoms with Gasteiger partial charge in [0.05, 0.1) is 5.69 Å². The molecule has 5 heteroatoms. The number of aliphatic hydroxyl groups is 1. The molecule has 0 amide bonds. The van der Waals surface area contributed by atoms with Crippen LogP contribution in [0.3, 0.4) is 0 Å². The highest BCUT2D eigenvalue weighted by Crippen LogP contribution is 2.35. The highest BCUT2D eigenvalue weighted by atomic mass is 16.7. The Labute approximate surface area is 111 Å².